The zero-order chi connectivity index (χ0) is 9.76. The Bertz CT molecular complexity index is 379. The minimum atomic E-state index is -0.203. The molecular weight excluding hydrogens is 248 g/mol. The summed E-state index contributed by atoms with van der Waals surface area (Å²) < 4.78 is 14.1. The van der Waals surface area contributed by atoms with Crippen LogP contribution < -0.4 is 0 Å². The summed E-state index contributed by atoms with van der Waals surface area (Å²) in [4.78, 5) is 0. The summed E-state index contributed by atoms with van der Waals surface area (Å²) in [6, 6.07) is 0. The lowest BCUT2D eigenvalue weighted by molar-refractivity contribution is 0.0659. The second kappa shape index (κ2) is 2.81. The maximum Gasteiger partial charge on any atom is 0.163 e. The van der Waals surface area contributed by atoms with E-state index in [0.717, 1.165) is 16.7 Å². The average Bonchev–Trinajstić information content (AvgIpc) is 2.59. The minimum Gasteiger partial charge on any atom is -0.375 e. The predicted octanol–water partition coefficient (Wildman–Crippen LogP) is 1.29. The summed E-state index contributed by atoms with van der Waals surface area (Å²) in [5.41, 5.74) is 0.924. The first kappa shape index (κ1) is 8.88. The number of aromatic nitrogens is 2. The molecule has 2 saturated heterocycles. The Labute approximate surface area is 90.3 Å². The molecule has 5 heteroatoms. The van der Waals surface area contributed by atoms with Gasteiger partial charge in [0.15, 0.2) is 5.60 Å². The van der Waals surface area contributed by atoms with Crippen molar-refractivity contribution in [1.29, 1.82) is 0 Å². The summed E-state index contributed by atoms with van der Waals surface area (Å²) in [7, 11) is 0. The normalized spacial score (nSPS) is 34.6. The van der Waals surface area contributed by atoms with Crippen LogP contribution in [0.25, 0.3) is 0 Å². The van der Waals surface area contributed by atoms with Crippen molar-refractivity contribution >= 4 is 15.9 Å². The quantitative estimate of drug-likeness (QED) is 0.751. The van der Waals surface area contributed by atoms with Crippen molar-refractivity contribution in [1.82, 2.24) is 9.78 Å². The number of rotatable bonds is 2. The molecule has 76 valence electrons. The van der Waals surface area contributed by atoms with Crippen LogP contribution in [0.1, 0.15) is 12.6 Å². The van der Waals surface area contributed by atoms with E-state index in [-0.39, 0.29) is 11.7 Å². The predicted molar refractivity (Wildman–Crippen MR) is 53.0 cm³/mol. The average molecular weight is 259 g/mol. The summed E-state index contributed by atoms with van der Waals surface area (Å²) >= 11 is 3.51. The number of fused-ring (bicyclic) bond motifs is 1. The first-order chi connectivity index (χ1) is 6.78. The van der Waals surface area contributed by atoms with Gasteiger partial charge in [0.25, 0.3) is 0 Å². The molecule has 3 rings (SSSR count). The van der Waals surface area contributed by atoms with Gasteiger partial charge < -0.3 is 9.47 Å². The molecule has 3 heterocycles. The molecule has 0 radical (unpaired) electrons. The second-order valence-electron chi connectivity index (χ2n) is 3.67. The lowest BCUT2D eigenvalue weighted by Crippen LogP contribution is -2.19. The molecule has 0 aromatic carbocycles. The molecule has 2 aliphatic rings. The van der Waals surface area contributed by atoms with E-state index in [2.05, 4.69) is 28.0 Å². The van der Waals surface area contributed by atoms with Gasteiger partial charge in [-0.25, -0.2) is 0 Å². The van der Waals surface area contributed by atoms with Crippen LogP contribution in [0.15, 0.2) is 10.7 Å². The van der Waals surface area contributed by atoms with Gasteiger partial charge >= 0.3 is 0 Å². The van der Waals surface area contributed by atoms with Crippen molar-refractivity contribution in [3.63, 3.8) is 0 Å². The van der Waals surface area contributed by atoms with Gasteiger partial charge in [-0.2, -0.15) is 5.10 Å². The highest BCUT2D eigenvalue weighted by Crippen LogP contribution is 2.52. The van der Waals surface area contributed by atoms with E-state index >= 15 is 0 Å². The number of hydrogen-bond acceptors (Lipinski definition) is 3. The zero-order valence-corrected chi connectivity index (χ0v) is 9.45. The van der Waals surface area contributed by atoms with Gasteiger partial charge in [0, 0.05) is 6.54 Å². The van der Waals surface area contributed by atoms with Crippen molar-refractivity contribution < 1.29 is 9.47 Å². The number of aryl methyl sites for hydroxylation is 1. The molecule has 2 aliphatic heterocycles. The molecule has 0 unspecified atom stereocenters. The molecule has 1 aromatic heterocycles. The lowest BCUT2D eigenvalue weighted by Gasteiger charge is -2.10. The Morgan fingerprint density at radius 3 is 3.21 bits per heavy atom. The van der Waals surface area contributed by atoms with Crippen molar-refractivity contribution in [2.24, 2.45) is 0 Å². The molecule has 2 atom stereocenters. The summed E-state index contributed by atoms with van der Waals surface area (Å²) in [6.45, 7) is 4.30. The van der Waals surface area contributed by atoms with Crippen LogP contribution in [-0.4, -0.2) is 29.1 Å². The van der Waals surface area contributed by atoms with E-state index < -0.39 is 0 Å². The van der Waals surface area contributed by atoms with Crippen LogP contribution in [0.5, 0.6) is 0 Å². The third kappa shape index (κ3) is 0.975. The third-order valence-electron chi connectivity index (χ3n) is 2.90. The van der Waals surface area contributed by atoms with E-state index in [1.807, 2.05) is 10.9 Å². The van der Waals surface area contributed by atoms with Crippen LogP contribution in [-0.2, 0) is 21.6 Å². The Morgan fingerprint density at radius 2 is 2.64 bits per heavy atom. The topological polar surface area (TPSA) is 39.6 Å². The number of ether oxygens (including phenoxy) is 2. The van der Waals surface area contributed by atoms with Gasteiger partial charge in [-0.15, -0.1) is 0 Å². The van der Waals surface area contributed by atoms with E-state index in [4.69, 9.17) is 9.47 Å². The summed E-state index contributed by atoms with van der Waals surface area (Å²) in [5.74, 6) is 0. The monoisotopic (exact) mass is 258 g/mol. The van der Waals surface area contributed by atoms with Crippen molar-refractivity contribution in [2.75, 3.05) is 13.2 Å². The lowest BCUT2D eigenvalue weighted by atomic mass is 10.0. The molecule has 0 saturated carbocycles. The van der Waals surface area contributed by atoms with Crippen molar-refractivity contribution in [3.05, 3.63) is 16.4 Å². The van der Waals surface area contributed by atoms with Crippen molar-refractivity contribution in [2.45, 2.75) is 25.2 Å². The van der Waals surface area contributed by atoms with E-state index in [9.17, 15) is 0 Å². The van der Waals surface area contributed by atoms with Crippen LogP contribution >= 0.6 is 15.9 Å². The Balaban J connectivity index is 2.07. The Hall–Kier alpha value is -0.390. The molecule has 2 fully saturated rings. The second-order valence-corrected chi connectivity index (χ2v) is 4.52. The van der Waals surface area contributed by atoms with Crippen LogP contribution in [0.4, 0.5) is 0 Å². The third-order valence-corrected chi connectivity index (χ3v) is 3.48. The highest BCUT2D eigenvalue weighted by Gasteiger charge is 2.64. The van der Waals surface area contributed by atoms with Crippen molar-refractivity contribution in [3.8, 4) is 0 Å². The Morgan fingerprint density at radius 1 is 1.79 bits per heavy atom. The maximum atomic E-state index is 5.69. The van der Waals surface area contributed by atoms with E-state index in [0.29, 0.717) is 13.2 Å². The molecule has 0 aliphatic carbocycles. The van der Waals surface area contributed by atoms with E-state index in [1.165, 1.54) is 0 Å². The Kier molecular flexibility index (Phi) is 1.78. The van der Waals surface area contributed by atoms with Gasteiger partial charge in [0.1, 0.15) is 6.10 Å². The molecule has 1 aromatic rings. The fourth-order valence-electron chi connectivity index (χ4n) is 2.13. The molecule has 0 amide bonds. The fourth-order valence-corrected chi connectivity index (χ4v) is 2.76. The van der Waals surface area contributed by atoms with Gasteiger partial charge in [0.05, 0.1) is 29.6 Å². The number of epoxide rings is 1. The molecule has 4 nitrogen and oxygen atoms in total. The number of nitrogens with zero attached hydrogens (tertiary/aromatic N) is 2. The number of halogens is 1. The smallest absolute Gasteiger partial charge is 0.163 e. The fraction of sp³-hybridized carbons (Fsp3) is 0.667. The first-order valence-corrected chi connectivity index (χ1v) is 5.54. The summed E-state index contributed by atoms with van der Waals surface area (Å²) in [5, 5.41) is 4.28. The largest absolute Gasteiger partial charge is 0.375 e. The van der Waals surface area contributed by atoms with Crippen LogP contribution in [0.2, 0.25) is 0 Å². The SMILES string of the molecule is CCn1ncc(Br)c1[C@]12COC[C@H]1O2. The molecule has 0 bridgehead atoms. The molecular formula is C9H11BrN2O2. The van der Waals surface area contributed by atoms with E-state index in [1.54, 1.807) is 0 Å². The van der Waals surface area contributed by atoms with Crippen LogP contribution in [0.3, 0.4) is 0 Å². The van der Waals surface area contributed by atoms with Gasteiger partial charge in [-0.3, -0.25) is 4.68 Å². The number of hydrogen-bond donors (Lipinski definition) is 0. The molecule has 0 spiro atoms. The highest BCUT2D eigenvalue weighted by atomic mass is 79.9. The summed E-state index contributed by atoms with van der Waals surface area (Å²) in [6.07, 6.45) is 2.06. The van der Waals surface area contributed by atoms with Gasteiger partial charge in [0.2, 0.25) is 0 Å². The van der Waals surface area contributed by atoms with Gasteiger partial charge in [-0.05, 0) is 22.9 Å². The van der Waals surface area contributed by atoms with Gasteiger partial charge in [-0.1, -0.05) is 0 Å². The minimum absolute atomic E-state index is 0.203. The first-order valence-electron chi connectivity index (χ1n) is 4.75. The molecule has 0 N–H and O–H groups in total. The highest BCUT2D eigenvalue weighted by molar-refractivity contribution is 9.10. The standard InChI is InChI=1S/C9H11BrN2O2/c1-2-12-8(6(10)3-11-12)9-5-13-4-7(9)14-9/h3,7H,2,4-5H2,1H3/t7-,9+/m1/s1. The maximum absolute atomic E-state index is 5.69. The van der Waals surface area contributed by atoms with Crippen LogP contribution in [0, 0.1) is 0 Å². The zero-order valence-electron chi connectivity index (χ0n) is 7.86. The molecule has 14 heavy (non-hydrogen) atoms.